The quantitative estimate of drug-likeness (QED) is 0.596. The molecule has 5 heteroatoms. The lowest BCUT2D eigenvalue weighted by Gasteiger charge is -2.29. The summed E-state index contributed by atoms with van der Waals surface area (Å²) in [6.07, 6.45) is 3.18. The number of halogens is 1. The Balaban J connectivity index is 0.00000200. The number of para-hydroxylation sites is 1. The third-order valence-electron chi connectivity index (χ3n) is 2.92. The number of fused-ring (bicyclic) bond motifs is 1. The highest BCUT2D eigenvalue weighted by atomic mass is 35.5. The third kappa shape index (κ3) is 4.70. The fraction of sp³-hybridized carbons (Fsp3) is 0.400. The maximum absolute atomic E-state index is 6.43. The summed E-state index contributed by atoms with van der Waals surface area (Å²) in [7, 11) is -3.14. The molecule has 0 aliphatic heterocycles. The maximum Gasteiger partial charge on any atom is 0.248 e. The molecule has 0 amide bonds. The first-order chi connectivity index (χ1) is 8.77. The van der Waals surface area contributed by atoms with Crippen LogP contribution >= 0.6 is 0 Å². The third-order valence-corrected chi connectivity index (χ3v) is 8.68. The molecule has 110 valence electrons. The SMILES string of the molecule is C[Si](C)(C)O[Si](C)(C)C[n+]1cccc2ccccc21.[Cl-]. The van der Waals surface area contributed by atoms with Crippen molar-refractivity contribution in [2.24, 2.45) is 0 Å². The molecule has 0 saturated carbocycles. The summed E-state index contributed by atoms with van der Waals surface area (Å²) in [5, 5.41) is 1.29. The van der Waals surface area contributed by atoms with Gasteiger partial charge in [0.1, 0.15) is 0 Å². The van der Waals surface area contributed by atoms with Crippen molar-refractivity contribution in [2.75, 3.05) is 0 Å². The van der Waals surface area contributed by atoms with Crippen molar-refractivity contribution in [2.45, 2.75) is 38.9 Å². The van der Waals surface area contributed by atoms with Crippen LogP contribution < -0.4 is 17.0 Å². The zero-order valence-electron chi connectivity index (χ0n) is 13.0. The van der Waals surface area contributed by atoms with Gasteiger partial charge >= 0.3 is 0 Å². The van der Waals surface area contributed by atoms with Crippen LogP contribution in [0.1, 0.15) is 0 Å². The van der Waals surface area contributed by atoms with Gasteiger partial charge in [-0.15, -0.1) is 0 Å². The van der Waals surface area contributed by atoms with E-state index in [4.69, 9.17) is 4.12 Å². The molecule has 0 saturated heterocycles. The highest BCUT2D eigenvalue weighted by Gasteiger charge is 2.34. The minimum absolute atomic E-state index is 0. The molecule has 1 aromatic carbocycles. The Kier molecular flexibility index (Phi) is 5.55. The molecule has 0 spiro atoms. The van der Waals surface area contributed by atoms with Gasteiger partial charge in [0, 0.05) is 17.5 Å². The number of pyridine rings is 1. The van der Waals surface area contributed by atoms with E-state index < -0.39 is 16.6 Å². The molecule has 2 rings (SSSR count). The predicted molar refractivity (Wildman–Crippen MR) is 86.1 cm³/mol. The van der Waals surface area contributed by atoms with Gasteiger partial charge in [0.15, 0.2) is 20.7 Å². The van der Waals surface area contributed by atoms with Gasteiger partial charge in [-0.25, -0.2) is 0 Å². The zero-order valence-corrected chi connectivity index (χ0v) is 15.7. The molecule has 0 unspecified atom stereocenters. The van der Waals surface area contributed by atoms with Crippen molar-refractivity contribution in [3.05, 3.63) is 42.6 Å². The van der Waals surface area contributed by atoms with E-state index in [9.17, 15) is 0 Å². The Bertz CT molecular complexity index is 576. The number of rotatable bonds is 4. The first-order valence-electron chi connectivity index (χ1n) is 6.84. The van der Waals surface area contributed by atoms with Gasteiger partial charge in [0.05, 0.1) is 0 Å². The van der Waals surface area contributed by atoms with Crippen LogP contribution in [0.2, 0.25) is 32.7 Å². The Morgan fingerprint density at radius 2 is 1.55 bits per heavy atom. The second-order valence-corrected chi connectivity index (χ2v) is 15.5. The molecule has 1 aromatic heterocycles. The van der Waals surface area contributed by atoms with E-state index in [1.54, 1.807) is 0 Å². The summed E-state index contributed by atoms with van der Waals surface area (Å²) in [5.74, 6) is 0. The fourth-order valence-electron chi connectivity index (χ4n) is 2.63. The average molecular weight is 326 g/mol. The molecule has 2 aromatic rings. The minimum Gasteiger partial charge on any atom is -1.00 e. The zero-order chi connectivity index (χ0) is 14.1. The molecular weight excluding hydrogens is 302 g/mol. The van der Waals surface area contributed by atoms with Crippen LogP contribution in [-0.4, -0.2) is 16.6 Å². The summed E-state index contributed by atoms with van der Waals surface area (Å²) >= 11 is 0. The van der Waals surface area contributed by atoms with Crippen LogP contribution in [-0.2, 0) is 10.3 Å². The Morgan fingerprint density at radius 1 is 0.950 bits per heavy atom. The van der Waals surface area contributed by atoms with Crippen molar-refractivity contribution in [3.8, 4) is 0 Å². The number of hydrogen-bond acceptors (Lipinski definition) is 1. The molecule has 2 nitrogen and oxygen atoms in total. The number of nitrogens with zero attached hydrogens (tertiary/aromatic N) is 1. The maximum atomic E-state index is 6.43. The number of benzene rings is 1. The second kappa shape index (κ2) is 6.39. The summed E-state index contributed by atoms with van der Waals surface area (Å²) < 4.78 is 8.78. The minimum atomic E-state index is -1.67. The molecule has 1 heterocycles. The molecule has 0 atom stereocenters. The highest BCUT2D eigenvalue weighted by molar-refractivity contribution is 6.83. The molecule has 0 N–H and O–H groups in total. The molecule has 0 aliphatic rings. The van der Waals surface area contributed by atoms with Gasteiger partial charge in [-0.3, -0.25) is 0 Å². The number of aromatic nitrogens is 1. The van der Waals surface area contributed by atoms with Crippen molar-refractivity contribution >= 4 is 27.5 Å². The second-order valence-electron chi connectivity index (χ2n) is 6.67. The summed E-state index contributed by atoms with van der Waals surface area (Å²) in [4.78, 5) is 0. The standard InChI is InChI=1S/C15H24NOSi2.ClH/c1-18(2,3)17-19(4,5)13-16-12-8-10-14-9-6-7-11-15(14)16;/h6-12H,13H2,1-5H3;1H/q+1;/p-1. The van der Waals surface area contributed by atoms with E-state index in [1.807, 2.05) is 0 Å². The van der Waals surface area contributed by atoms with E-state index in [2.05, 4.69) is 79.9 Å². The average Bonchev–Trinajstić information content (AvgIpc) is 2.25. The predicted octanol–water partition coefficient (Wildman–Crippen LogP) is 0.727. The monoisotopic (exact) mass is 325 g/mol. The van der Waals surface area contributed by atoms with Crippen molar-refractivity contribution in [3.63, 3.8) is 0 Å². The molecular formula is C15H24ClNOSi2. The molecule has 20 heavy (non-hydrogen) atoms. The molecule has 0 aliphatic carbocycles. The van der Waals surface area contributed by atoms with Crippen LogP contribution in [0.25, 0.3) is 10.9 Å². The fourth-order valence-corrected chi connectivity index (χ4v) is 10.6. The van der Waals surface area contributed by atoms with Crippen LogP contribution in [0.3, 0.4) is 0 Å². The smallest absolute Gasteiger partial charge is 0.248 e. The largest absolute Gasteiger partial charge is 1.00 e. The van der Waals surface area contributed by atoms with E-state index in [0.717, 1.165) is 6.17 Å². The van der Waals surface area contributed by atoms with Gasteiger partial charge in [0.25, 0.3) is 0 Å². The molecule has 0 fully saturated rings. The Hall–Kier alpha value is -0.686. The van der Waals surface area contributed by atoms with Crippen molar-refractivity contribution < 1.29 is 21.1 Å². The van der Waals surface area contributed by atoms with E-state index >= 15 is 0 Å². The highest BCUT2D eigenvalue weighted by Crippen LogP contribution is 2.15. The Morgan fingerprint density at radius 3 is 2.20 bits per heavy atom. The van der Waals surface area contributed by atoms with E-state index in [0.29, 0.717) is 0 Å². The topological polar surface area (TPSA) is 13.1 Å². The lowest BCUT2D eigenvalue weighted by atomic mass is 10.2. The van der Waals surface area contributed by atoms with Gasteiger partial charge in [0.2, 0.25) is 13.8 Å². The lowest BCUT2D eigenvalue weighted by molar-refractivity contribution is -0.655. The number of hydrogen-bond donors (Lipinski definition) is 0. The van der Waals surface area contributed by atoms with Crippen LogP contribution in [0.4, 0.5) is 0 Å². The lowest BCUT2D eigenvalue weighted by Crippen LogP contribution is -3.00. The van der Waals surface area contributed by atoms with Crippen molar-refractivity contribution in [1.29, 1.82) is 0 Å². The summed E-state index contributed by atoms with van der Waals surface area (Å²) in [6.45, 7) is 11.5. The first-order valence-corrected chi connectivity index (χ1v) is 13.4. The van der Waals surface area contributed by atoms with E-state index in [-0.39, 0.29) is 12.4 Å². The van der Waals surface area contributed by atoms with E-state index in [1.165, 1.54) is 10.9 Å². The normalized spacial score (nSPS) is 12.2. The summed E-state index contributed by atoms with van der Waals surface area (Å²) in [6, 6.07) is 12.8. The van der Waals surface area contributed by atoms with Crippen LogP contribution in [0, 0.1) is 0 Å². The summed E-state index contributed by atoms with van der Waals surface area (Å²) in [5.41, 5.74) is 1.30. The molecule has 0 bridgehead atoms. The van der Waals surface area contributed by atoms with Crippen molar-refractivity contribution in [1.82, 2.24) is 0 Å². The van der Waals surface area contributed by atoms with Gasteiger partial charge < -0.3 is 16.5 Å². The first kappa shape index (κ1) is 17.4. The van der Waals surface area contributed by atoms with Crippen LogP contribution in [0.15, 0.2) is 42.6 Å². The Labute approximate surface area is 130 Å². The van der Waals surface area contributed by atoms with Gasteiger partial charge in [-0.05, 0) is 44.9 Å². The molecule has 0 radical (unpaired) electrons. The van der Waals surface area contributed by atoms with Crippen LogP contribution in [0.5, 0.6) is 0 Å². The van der Waals surface area contributed by atoms with Gasteiger partial charge in [-0.1, -0.05) is 12.1 Å². The van der Waals surface area contributed by atoms with Gasteiger partial charge in [-0.2, -0.15) is 4.57 Å².